The van der Waals surface area contributed by atoms with Crippen molar-refractivity contribution < 1.29 is 33.0 Å². The molecule has 0 aliphatic carbocycles. The Kier molecular flexibility index (Phi) is 5.96. The third-order valence-electron chi connectivity index (χ3n) is 5.49. The van der Waals surface area contributed by atoms with E-state index in [1.165, 1.54) is 23.2 Å². The number of rotatable bonds is 7. The summed E-state index contributed by atoms with van der Waals surface area (Å²) in [4.78, 5) is 37.5. The molecule has 0 spiro atoms. The molecule has 2 aromatic carbocycles. The lowest BCUT2D eigenvalue weighted by Gasteiger charge is -2.21. The topological polar surface area (TPSA) is 128 Å². The van der Waals surface area contributed by atoms with Gasteiger partial charge < -0.3 is 23.9 Å². The number of benzene rings is 2. The lowest BCUT2D eigenvalue weighted by Crippen LogP contribution is -2.42. The first kappa shape index (κ1) is 22.3. The van der Waals surface area contributed by atoms with Crippen LogP contribution in [-0.2, 0) is 9.59 Å². The highest BCUT2D eigenvalue weighted by molar-refractivity contribution is 5.85. The molecule has 10 nitrogen and oxygen atoms in total. The molecule has 1 amide bonds. The van der Waals surface area contributed by atoms with E-state index in [2.05, 4.69) is 15.0 Å². The zero-order valence-electron chi connectivity index (χ0n) is 18.3. The minimum atomic E-state index is -1.01. The molecule has 1 atom stereocenters. The van der Waals surface area contributed by atoms with Gasteiger partial charge in [-0.2, -0.15) is 4.98 Å². The van der Waals surface area contributed by atoms with Crippen molar-refractivity contribution in [2.75, 3.05) is 13.2 Å². The largest absolute Gasteiger partial charge is 0.484 e. The van der Waals surface area contributed by atoms with Gasteiger partial charge >= 0.3 is 12.0 Å². The first-order valence-electron chi connectivity index (χ1n) is 10.8. The Hall–Kier alpha value is -4.54. The van der Waals surface area contributed by atoms with E-state index in [-0.39, 0.29) is 35.9 Å². The van der Waals surface area contributed by atoms with Crippen molar-refractivity contribution in [1.82, 2.24) is 19.9 Å². The number of likely N-dealkylation sites (tertiary alicyclic amines) is 1. The van der Waals surface area contributed by atoms with Crippen LogP contribution in [0.5, 0.6) is 17.5 Å². The van der Waals surface area contributed by atoms with Crippen LogP contribution in [-0.4, -0.2) is 56.0 Å². The Morgan fingerprint density at radius 2 is 1.94 bits per heavy atom. The smallest absolute Gasteiger partial charge is 0.326 e. The third-order valence-corrected chi connectivity index (χ3v) is 5.49. The van der Waals surface area contributed by atoms with Gasteiger partial charge in [-0.3, -0.25) is 4.79 Å². The van der Waals surface area contributed by atoms with Crippen molar-refractivity contribution in [2.24, 2.45) is 0 Å². The van der Waals surface area contributed by atoms with Gasteiger partial charge in [0.05, 0.1) is 6.20 Å². The molecule has 35 heavy (non-hydrogen) atoms. The van der Waals surface area contributed by atoms with Crippen molar-refractivity contribution in [3.8, 4) is 29.0 Å². The van der Waals surface area contributed by atoms with Gasteiger partial charge in [0.1, 0.15) is 17.3 Å². The number of carbonyl (C=O) groups is 2. The van der Waals surface area contributed by atoms with E-state index in [1.807, 2.05) is 0 Å². The number of hydrogen-bond donors (Lipinski definition) is 1. The van der Waals surface area contributed by atoms with Crippen LogP contribution in [0.15, 0.2) is 59.1 Å². The zero-order valence-corrected chi connectivity index (χ0v) is 18.3. The Labute approximate surface area is 197 Å². The number of ether oxygens (including phenoxy) is 2. The number of carboxylic acid groups (broad SMARTS) is 1. The van der Waals surface area contributed by atoms with Crippen LogP contribution in [0.4, 0.5) is 4.39 Å². The first-order chi connectivity index (χ1) is 17.0. The molecule has 1 fully saturated rings. The van der Waals surface area contributed by atoms with E-state index >= 15 is 0 Å². The first-order valence-corrected chi connectivity index (χ1v) is 10.8. The normalized spacial score (nSPS) is 15.3. The summed E-state index contributed by atoms with van der Waals surface area (Å²) in [5.74, 6) is -1.21. The van der Waals surface area contributed by atoms with Crippen LogP contribution in [0.25, 0.3) is 22.7 Å². The third kappa shape index (κ3) is 4.74. The van der Waals surface area contributed by atoms with Gasteiger partial charge in [-0.15, -0.1) is 0 Å². The number of hydrogen-bond acceptors (Lipinski definition) is 8. The fourth-order valence-electron chi connectivity index (χ4n) is 3.76. The average molecular weight is 478 g/mol. The maximum atomic E-state index is 13.8. The molecular formula is C24H19FN4O6. The van der Waals surface area contributed by atoms with Crippen LogP contribution < -0.4 is 9.47 Å². The van der Waals surface area contributed by atoms with Crippen molar-refractivity contribution in [2.45, 2.75) is 18.9 Å². The van der Waals surface area contributed by atoms with Crippen molar-refractivity contribution in [3.63, 3.8) is 0 Å². The van der Waals surface area contributed by atoms with Gasteiger partial charge in [0.2, 0.25) is 5.89 Å². The fourth-order valence-corrected chi connectivity index (χ4v) is 3.76. The maximum Gasteiger partial charge on any atom is 0.326 e. The minimum Gasteiger partial charge on any atom is -0.484 e. The molecule has 3 heterocycles. The summed E-state index contributed by atoms with van der Waals surface area (Å²) in [5, 5.41) is 9.22. The summed E-state index contributed by atoms with van der Waals surface area (Å²) in [7, 11) is 0. The van der Waals surface area contributed by atoms with Crippen LogP contribution in [0.1, 0.15) is 12.8 Å². The number of halogens is 1. The highest BCUT2D eigenvalue weighted by Crippen LogP contribution is 2.27. The molecule has 0 bridgehead atoms. The lowest BCUT2D eigenvalue weighted by atomic mass is 10.2. The van der Waals surface area contributed by atoms with Crippen LogP contribution in [0.3, 0.4) is 0 Å². The van der Waals surface area contributed by atoms with Crippen LogP contribution >= 0.6 is 0 Å². The zero-order chi connectivity index (χ0) is 24.4. The number of oxazole rings is 1. The fraction of sp³-hybridized carbons (Fsp3) is 0.208. The second-order valence-electron chi connectivity index (χ2n) is 7.79. The molecule has 1 aliphatic heterocycles. The summed E-state index contributed by atoms with van der Waals surface area (Å²) < 4.78 is 30.4. The van der Waals surface area contributed by atoms with E-state index in [4.69, 9.17) is 13.9 Å². The van der Waals surface area contributed by atoms with Gasteiger partial charge in [0.25, 0.3) is 11.6 Å². The molecular weight excluding hydrogens is 459 g/mol. The average Bonchev–Trinajstić information content (AvgIpc) is 3.52. The minimum absolute atomic E-state index is 0.0103. The molecule has 178 valence electrons. The Balaban J connectivity index is 1.25. The summed E-state index contributed by atoms with van der Waals surface area (Å²) in [6.45, 7) is 0.151. The second kappa shape index (κ2) is 9.37. The van der Waals surface area contributed by atoms with Gasteiger partial charge in [-0.25, -0.2) is 19.2 Å². The van der Waals surface area contributed by atoms with Crippen molar-refractivity contribution in [3.05, 3.63) is 60.5 Å². The lowest BCUT2D eigenvalue weighted by molar-refractivity contribution is -0.148. The molecule has 0 unspecified atom stereocenters. The van der Waals surface area contributed by atoms with Crippen LogP contribution in [0, 0.1) is 5.82 Å². The quantitative estimate of drug-likeness (QED) is 0.423. The number of carboxylic acids is 1. The number of para-hydroxylation sites is 1. The van der Waals surface area contributed by atoms with Gasteiger partial charge in [0.15, 0.2) is 18.2 Å². The van der Waals surface area contributed by atoms with Gasteiger partial charge in [-0.1, -0.05) is 12.1 Å². The van der Waals surface area contributed by atoms with Crippen LogP contribution in [0.2, 0.25) is 0 Å². The highest BCUT2D eigenvalue weighted by Gasteiger charge is 2.33. The van der Waals surface area contributed by atoms with Gasteiger partial charge in [-0.05, 0) is 49.2 Å². The molecule has 11 heteroatoms. The van der Waals surface area contributed by atoms with E-state index in [0.717, 1.165) is 0 Å². The molecule has 1 aliphatic rings. The molecule has 0 radical (unpaired) electrons. The maximum absolute atomic E-state index is 13.8. The van der Waals surface area contributed by atoms with E-state index in [0.29, 0.717) is 36.2 Å². The summed E-state index contributed by atoms with van der Waals surface area (Å²) in [6.07, 6.45) is 2.52. The molecule has 1 N–H and O–H groups in total. The number of aromatic nitrogens is 3. The number of amides is 1. The molecule has 0 saturated carbocycles. The Morgan fingerprint density at radius 1 is 1.14 bits per heavy atom. The molecule has 4 aromatic rings. The summed E-state index contributed by atoms with van der Waals surface area (Å²) >= 11 is 0. The molecule has 1 saturated heterocycles. The van der Waals surface area contributed by atoms with E-state index in [1.54, 1.807) is 36.4 Å². The summed E-state index contributed by atoms with van der Waals surface area (Å²) in [6, 6.07) is 11.7. The van der Waals surface area contributed by atoms with Gasteiger partial charge in [0, 0.05) is 12.1 Å². The Morgan fingerprint density at radius 3 is 2.71 bits per heavy atom. The number of aliphatic carboxylic acids is 1. The standard InChI is InChI=1S/C24H19FN4O6/c25-16-4-1-2-6-19(16)34-24-26-12-17-22(28-24)35-21(27-17)14-7-9-15(10-8-14)33-13-20(30)29-11-3-5-18(29)23(31)32/h1-2,4,6-10,12,18H,3,5,11,13H2,(H,31,32)/t18-/m0/s1. The molecule has 5 rings (SSSR count). The van der Waals surface area contributed by atoms with Crippen molar-refractivity contribution in [1.29, 1.82) is 0 Å². The predicted molar refractivity (Wildman–Crippen MR) is 119 cm³/mol. The number of carbonyl (C=O) groups excluding carboxylic acids is 1. The monoisotopic (exact) mass is 478 g/mol. The number of nitrogens with zero attached hydrogens (tertiary/aromatic N) is 4. The predicted octanol–water partition coefficient (Wildman–Crippen LogP) is 3.67. The van der Waals surface area contributed by atoms with E-state index in [9.17, 15) is 19.1 Å². The van der Waals surface area contributed by atoms with E-state index < -0.39 is 17.8 Å². The Bertz CT molecular complexity index is 1390. The second-order valence-corrected chi connectivity index (χ2v) is 7.79. The number of fused-ring (bicyclic) bond motifs is 1. The van der Waals surface area contributed by atoms with Crippen molar-refractivity contribution >= 4 is 23.1 Å². The SMILES string of the molecule is O=C(O)[C@@H]1CCCN1C(=O)COc1ccc(-c2nc3cnc(Oc4ccccc4F)nc3o2)cc1. The highest BCUT2D eigenvalue weighted by atomic mass is 19.1. The molecule has 2 aromatic heterocycles. The summed E-state index contributed by atoms with van der Waals surface area (Å²) in [5.41, 5.74) is 1.19.